The van der Waals surface area contributed by atoms with Crippen molar-refractivity contribution in [3.05, 3.63) is 77.9 Å². The zero-order valence-electron chi connectivity index (χ0n) is 14.6. The molecular weight excluding hydrogens is 333 g/mol. The Morgan fingerprint density at radius 3 is 2.58 bits per heavy atom. The van der Waals surface area contributed by atoms with Crippen molar-refractivity contribution in [3.63, 3.8) is 0 Å². The highest BCUT2D eigenvalue weighted by atomic mass is 19.1. The number of aromatic nitrogens is 3. The summed E-state index contributed by atoms with van der Waals surface area (Å²) in [5.41, 5.74) is 2.39. The Morgan fingerprint density at radius 1 is 1.19 bits per heavy atom. The van der Waals surface area contributed by atoms with Crippen molar-refractivity contribution in [3.8, 4) is 0 Å². The van der Waals surface area contributed by atoms with E-state index in [1.807, 2.05) is 37.4 Å². The van der Waals surface area contributed by atoms with Gasteiger partial charge in [0.25, 0.3) is 0 Å². The van der Waals surface area contributed by atoms with Crippen molar-refractivity contribution >= 4 is 11.7 Å². The highest BCUT2D eigenvalue weighted by molar-refractivity contribution is 5.89. The van der Waals surface area contributed by atoms with Crippen LogP contribution in [0.3, 0.4) is 0 Å². The van der Waals surface area contributed by atoms with Crippen molar-refractivity contribution < 1.29 is 9.18 Å². The highest BCUT2D eigenvalue weighted by Crippen LogP contribution is 2.21. The number of carbonyl (C=O) groups excluding carboxylic acids is 1. The van der Waals surface area contributed by atoms with Crippen LogP contribution >= 0.6 is 0 Å². The molecule has 0 saturated carbocycles. The fraction of sp³-hybridized carbons (Fsp3) is 0.211. The van der Waals surface area contributed by atoms with E-state index >= 15 is 0 Å². The number of anilines is 1. The third-order valence-electron chi connectivity index (χ3n) is 4.15. The standard InChI is InChI=1S/C19H20FN5O/c1-13(25-10-9-21-14(25)2)15-3-6-17(7-4-15)24-19(26)23-12-18-8-5-16(20)11-22-18/h3-11,13H,12H2,1-2H3,(H2,23,24,26)/t13-/m1/s1. The minimum Gasteiger partial charge on any atom is -0.332 e. The minimum absolute atomic E-state index is 0.157. The summed E-state index contributed by atoms with van der Waals surface area (Å²) in [4.78, 5) is 20.1. The normalized spacial score (nSPS) is 11.8. The lowest BCUT2D eigenvalue weighted by Gasteiger charge is -2.16. The summed E-state index contributed by atoms with van der Waals surface area (Å²) in [5, 5.41) is 5.45. The van der Waals surface area contributed by atoms with Crippen LogP contribution < -0.4 is 10.6 Å². The molecule has 1 atom stereocenters. The molecule has 2 aromatic heterocycles. The zero-order chi connectivity index (χ0) is 18.5. The molecule has 1 aromatic carbocycles. The molecule has 0 radical (unpaired) electrons. The molecule has 0 spiro atoms. The van der Waals surface area contributed by atoms with Gasteiger partial charge in [0.15, 0.2) is 0 Å². The van der Waals surface area contributed by atoms with E-state index in [-0.39, 0.29) is 18.6 Å². The Balaban J connectivity index is 1.56. The summed E-state index contributed by atoms with van der Waals surface area (Å²) in [6.07, 6.45) is 4.85. The van der Waals surface area contributed by atoms with Crippen molar-refractivity contribution in [1.82, 2.24) is 19.9 Å². The number of rotatable bonds is 5. The lowest BCUT2D eigenvalue weighted by Crippen LogP contribution is -2.28. The second kappa shape index (κ2) is 7.77. The Bertz CT molecular complexity index is 874. The molecule has 7 heteroatoms. The number of amides is 2. The molecule has 3 aromatic rings. The summed E-state index contributed by atoms with van der Waals surface area (Å²) < 4.78 is 14.9. The molecule has 134 valence electrons. The van der Waals surface area contributed by atoms with Crippen LogP contribution in [0.4, 0.5) is 14.9 Å². The average molecular weight is 353 g/mol. The van der Waals surface area contributed by atoms with Crippen LogP contribution in [0.2, 0.25) is 0 Å². The number of benzene rings is 1. The lowest BCUT2D eigenvalue weighted by atomic mass is 10.1. The maximum absolute atomic E-state index is 12.8. The van der Waals surface area contributed by atoms with Gasteiger partial charge in [0, 0.05) is 18.1 Å². The molecule has 0 aliphatic carbocycles. The maximum Gasteiger partial charge on any atom is 0.319 e. The summed E-state index contributed by atoms with van der Waals surface area (Å²) in [5.74, 6) is 0.548. The van der Waals surface area contributed by atoms with E-state index in [1.165, 1.54) is 12.1 Å². The first-order chi connectivity index (χ1) is 12.5. The summed E-state index contributed by atoms with van der Waals surface area (Å²) in [7, 11) is 0. The molecule has 0 fully saturated rings. The molecule has 2 amide bonds. The van der Waals surface area contributed by atoms with Gasteiger partial charge in [-0.05, 0) is 43.7 Å². The van der Waals surface area contributed by atoms with Crippen molar-refractivity contribution in [2.75, 3.05) is 5.32 Å². The van der Waals surface area contributed by atoms with Gasteiger partial charge in [-0.25, -0.2) is 14.2 Å². The van der Waals surface area contributed by atoms with Crippen LogP contribution in [0.1, 0.15) is 30.0 Å². The van der Waals surface area contributed by atoms with Crippen LogP contribution in [-0.2, 0) is 6.54 Å². The number of halogens is 1. The zero-order valence-corrected chi connectivity index (χ0v) is 14.6. The van der Waals surface area contributed by atoms with Gasteiger partial charge in [-0.1, -0.05) is 12.1 Å². The Kier molecular flexibility index (Phi) is 5.26. The Morgan fingerprint density at radius 2 is 1.96 bits per heavy atom. The van der Waals surface area contributed by atoms with Crippen molar-refractivity contribution in [1.29, 1.82) is 0 Å². The second-order valence-corrected chi connectivity index (χ2v) is 5.96. The topological polar surface area (TPSA) is 71.8 Å². The minimum atomic E-state index is -0.404. The second-order valence-electron chi connectivity index (χ2n) is 5.96. The van der Waals surface area contributed by atoms with E-state index in [4.69, 9.17) is 0 Å². The quantitative estimate of drug-likeness (QED) is 0.735. The van der Waals surface area contributed by atoms with E-state index < -0.39 is 5.82 Å². The SMILES string of the molecule is Cc1nccn1[C@H](C)c1ccc(NC(=O)NCc2ccc(F)cn2)cc1. The number of pyridine rings is 1. The van der Waals surface area contributed by atoms with Crippen molar-refractivity contribution in [2.45, 2.75) is 26.4 Å². The van der Waals surface area contributed by atoms with E-state index in [0.29, 0.717) is 11.4 Å². The molecule has 0 saturated heterocycles. The third-order valence-corrected chi connectivity index (χ3v) is 4.15. The van der Waals surface area contributed by atoms with E-state index in [1.54, 1.807) is 6.20 Å². The van der Waals surface area contributed by atoms with E-state index in [2.05, 4.69) is 32.1 Å². The largest absolute Gasteiger partial charge is 0.332 e. The molecule has 0 unspecified atom stereocenters. The molecule has 0 aliphatic rings. The predicted molar refractivity (Wildman–Crippen MR) is 97.3 cm³/mol. The smallest absolute Gasteiger partial charge is 0.319 e. The predicted octanol–water partition coefficient (Wildman–Crippen LogP) is 3.66. The summed E-state index contributed by atoms with van der Waals surface area (Å²) in [6.45, 7) is 4.29. The monoisotopic (exact) mass is 353 g/mol. The molecule has 0 aliphatic heterocycles. The molecule has 0 bridgehead atoms. The van der Waals surface area contributed by atoms with Gasteiger partial charge in [0.2, 0.25) is 0 Å². The fourth-order valence-electron chi connectivity index (χ4n) is 2.66. The van der Waals surface area contributed by atoms with Gasteiger partial charge in [-0.3, -0.25) is 4.98 Å². The molecule has 2 heterocycles. The molecule has 2 N–H and O–H groups in total. The van der Waals surface area contributed by atoms with Crippen LogP contribution in [0.25, 0.3) is 0 Å². The first-order valence-electron chi connectivity index (χ1n) is 8.27. The number of carbonyl (C=O) groups is 1. The molecule has 3 rings (SSSR count). The number of hydrogen-bond donors (Lipinski definition) is 2. The number of nitrogens with zero attached hydrogens (tertiary/aromatic N) is 3. The first-order valence-corrected chi connectivity index (χ1v) is 8.27. The van der Waals surface area contributed by atoms with Gasteiger partial charge in [-0.15, -0.1) is 0 Å². The van der Waals surface area contributed by atoms with Crippen molar-refractivity contribution in [2.24, 2.45) is 0 Å². The summed E-state index contributed by atoms with van der Waals surface area (Å²) >= 11 is 0. The Labute approximate surface area is 151 Å². The maximum atomic E-state index is 12.8. The van der Waals surface area contributed by atoms with Gasteiger partial charge >= 0.3 is 6.03 Å². The van der Waals surface area contributed by atoms with Gasteiger partial charge in [-0.2, -0.15) is 0 Å². The number of aryl methyl sites for hydroxylation is 1. The van der Waals surface area contributed by atoms with Gasteiger partial charge in [0.1, 0.15) is 11.6 Å². The average Bonchev–Trinajstić information content (AvgIpc) is 3.07. The van der Waals surface area contributed by atoms with E-state index in [0.717, 1.165) is 17.6 Å². The fourth-order valence-corrected chi connectivity index (χ4v) is 2.66. The lowest BCUT2D eigenvalue weighted by molar-refractivity contribution is 0.251. The first kappa shape index (κ1) is 17.6. The molecule has 26 heavy (non-hydrogen) atoms. The third kappa shape index (κ3) is 4.24. The molecular formula is C19H20FN5O. The Hall–Kier alpha value is -3.22. The van der Waals surface area contributed by atoms with Crippen LogP contribution in [0, 0.1) is 12.7 Å². The number of nitrogens with one attached hydrogen (secondary N) is 2. The van der Waals surface area contributed by atoms with E-state index in [9.17, 15) is 9.18 Å². The number of imidazole rings is 1. The highest BCUT2D eigenvalue weighted by Gasteiger charge is 2.10. The number of hydrogen-bond acceptors (Lipinski definition) is 3. The van der Waals surface area contributed by atoms with Gasteiger partial charge in [0.05, 0.1) is 24.5 Å². The summed E-state index contributed by atoms with van der Waals surface area (Å²) in [6, 6.07) is 10.3. The van der Waals surface area contributed by atoms with Crippen LogP contribution in [0.5, 0.6) is 0 Å². The van der Waals surface area contributed by atoms with Crippen LogP contribution in [-0.4, -0.2) is 20.6 Å². The number of urea groups is 1. The van der Waals surface area contributed by atoms with Crippen LogP contribution in [0.15, 0.2) is 55.0 Å². The van der Waals surface area contributed by atoms with Gasteiger partial charge < -0.3 is 15.2 Å². The molecule has 6 nitrogen and oxygen atoms in total.